The van der Waals surface area contributed by atoms with Gasteiger partial charge in [0.1, 0.15) is 11.2 Å². The Labute approximate surface area is 164 Å². The summed E-state index contributed by atoms with van der Waals surface area (Å²) in [7, 11) is 0. The maximum atomic E-state index is 7.89. The van der Waals surface area contributed by atoms with Crippen molar-refractivity contribution < 1.29 is 16.8 Å². The molecule has 5 aromatic rings. The fourth-order valence-electron chi connectivity index (χ4n) is 3.34. The number of fused-ring (bicyclic) bond motifs is 5. The van der Waals surface area contributed by atoms with Gasteiger partial charge in [-0.2, -0.15) is 0 Å². The number of hydrogen-bond donors (Lipinski definition) is 0. The van der Waals surface area contributed by atoms with Crippen molar-refractivity contribution >= 4 is 32.7 Å². The lowest BCUT2D eigenvalue weighted by atomic mass is 10.0. The molecular weight excluding hydrogens is 320 g/mol. The van der Waals surface area contributed by atoms with Crippen LogP contribution in [0.2, 0.25) is 0 Å². The summed E-state index contributed by atoms with van der Waals surface area (Å²) < 4.78 is 75.9. The number of benzene rings is 2. The maximum absolute atomic E-state index is 7.89. The Morgan fingerprint density at radius 3 is 2.58 bits per heavy atom. The van der Waals surface area contributed by atoms with Crippen LogP contribution in [0.4, 0.5) is 0 Å². The van der Waals surface area contributed by atoms with Crippen molar-refractivity contribution in [2.45, 2.75) is 20.6 Å². The van der Waals surface area contributed by atoms with Crippen LogP contribution in [0.15, 0.2) is 59.1 Å². The Morgan fingerprint density at radius 1 is 0.846 bits per heavy atom. The SMILES string of the molecule is [2H]C([2H])([2H])c1ccc(-c2cccc3c2oc2c4cc(C([2H])([2H])[2H])nc(C([2H])([2H])[2H])c4ccc32)nc1. The van der Waals surface area contributed by atoms with Crippen molar-refractivity contribution in [2.24, 2.45) is 0 Å². The van der Waals surface area contributed by atoms with Crippen LogP contribution in [-0.4, -0.2) is 9.97 Å². The summed E-state index contributed by atoms with van der Waals surface area (Å²) >= 11 is 0. The van der Waals surface area contributed by atoms with Gasteiger partial charge >= 0.3 is 0 Å². The lowest BCUT2D eigenvalue weighted by molar-refractivity contribution is 0.673. The monoisotopic (exact) mass is 347 g/mol. The molecule has 126 valence electrons. The lowest BCUT2D eigenvalue weighted by Crippen LogP contribution is -1.88. The largest absolute Gasteiger partial charge is 0.455 e. The van der Waals surface area contributed by atoms with Gasteiger partial charge in [-0.25, -0.2) is 0 Å². The first-order valence-corrected chi connectivity index (χ1v) is 8.02. The number of aryl methyl sites for hydroxylation is 3. The normalized spacial score (nSPS) is 18.2. The van der Waals surface area contributed by atoms with Crippen LogP contribution in [0.5, 0.6) is 0 Å². The van der Waals surface area contributed by atoms with E-state index in [1.807, 2.05) is 12.1 Å². The minimum absolute atomic E-state index is 0.117. The second kappa shape index (κ2) is 5.40. The van der Waals surface area contributed by atoms with Gasteiger partial charge in [0, 0.05) is 57.0 Å². The van der Waals surface area contributed by atoms with Gasteiger partial charge in [0.25, 0.3) is 0 Å². The van der Waals surface area contributed by atoms with E-state index in [2.05, 4.69) is 9.97 Å². The summed E-state index contributed by atoms with van der Waals surface area (Å²) in [5, 5.41) is 2.02. The quantitative estimate of drug-likeness (QED) is 0.366. The van der Waals surface area contributed by atoms with Gasteiger partial charge in [0.15, 0.2) is 0 Å². The van der Waals surface area contributed by atoms with Crippen LogP contribution >= 0.6 is 0 Å². The van der Waals surface area contributed by atoms with Crippen molar-refractivity contribution in [3.63, 3.8) is 0 Å². The Bertz CT molecular complexity index is 1590. The maximum Gasteiger partial charge on any atom is 0.144 e. The lowest BCUT2D eigenvalue weighted by Gasteiger charge is -2.03. The molecule has 3 aromatic heterocycles. The molecule has 0 atom stereocenters. The van der Waals surface area contributed by atoms with E-state index in [0.717, 1.165) is 5.39 Å². The molecule has 0 N–H and O–H groups in total. The fourth-order valence-corrected chi connectivity index (χ4v) is 3.34. The van der Waals surface area contributed by atoms with E-state index in [9.17, 15) is 0 Å². The average molecular weight is 347 g/mol. The van der Waals surface area contributed by atoms with Crippen LogP contribution in [0, 0.1) is 20.6 Å². The zero-order valence-electron chi connectivity index (χ0n) is 22.5. The van der Waals surface area contributed by atoms with Gasteiger partial charge in [-0.15, -0.1) is 0 Å². The van der Waals surface area contributed by atoms with E-state index in [0.29, 0.717) is 33.2 Å². The molecule has 0 saturated heterocycles. The molecule has 0 radical (unpaired) electrons. The van der Waals surface area contributed by atoms with Crippen LogP contribution in [0.25, 0.3) is 44.0 Å². The third kappa shape index (κ3) is 2.14. The molecule has 0 aliphatic rings. The summed E-state index contributed by atoms with van der Waals surface area (Å²) in [6.45, 7) is -7.51. The molecule has 0 bridgehead atoms. The summed E-state index contributed by atoms with van der Waals surface area (Å²) in [5.74, 6) is 0. The number of nitrogens with zero attached hydrogens (tertiary/aromatic N) is 2. The molecule has 3 heterocycles. The molecule has 0 aliphatic heterocycles. The van der Waals surface area contributed by atoms with E-state index in [-0.39, 0.29) is 22.3 Å². The molecule has 0 aliphatic carbocycles. The number of furan rings is 1. The van der Waals surface area contributed by atoms with E-state index < -0.39 is 20.6 Å². The standard InChI is InChI=1S/C23H18N2O/c1-13-7-10-21(24-12-13)19-6-4-5-17-18-9-8-16-15(3)25-14(2)11-20(16)23(18)26-22(17)19/h4-12H,1-3H3/i1D3,2D3,3D3. The number of rotatable bonds is 1. The van der Waals surface area contributed by atoms with Crippen LogP contribution < -0.4 is 0 Å². The highest BCUT2D eigenvalue weighted by Crippen LogP contribution is 2.38. The zero-order valence-corrected chi connectivity index (χ0v) is 13.5. The third-order valence-electron chi connectivity index (χ3n) is 4.51. The molecule has 0 unspecified atom stereocenters. The first-order chi connectivity index (χ1) is 16.2. The zero-order chi connectivity index (χ0) is 25.3. The molecule has 26 heavy (non-hydrogen) atoms. The van der Waals surface area contributed by atoms with Gasteiger partial charge in [0.05, 0.1) is 5.69 Å². The average Bonchev–Trinajstić information content (AvgIpc) is 3.16. The van der Waals surface area contributed by atoms with Gasteiger partial charge in [0.2, 0.25) is 0 Å². The van der Waals surface area contributed by atoms with Gasteiger partial charge in [-0.1, -0.05) is 24.3 Å². The van der Waals surface area contributed by atoms with Gasteiger partial charge in [-0.05, 0) is 50.4 Å². The molecule has 0 saturated carbocycles. The van der Waals surface area contributed by atoms with Crippen molar-refractivity contribution in [3.8, 4) is 11.3 Å². The Balaban J connectivity index is 1.82. The second-order valence-electron chi connectivity index (χ2n) is 6.11. The van der Waals surface area contributed by atoms with Gasteiger partial charge < -0.3 is 4.42 Å². The smallest absolute Gasteiger partial charge is 0.144 e. The third-order valence-corrected chi connectivity index (χ3v) is 4.51. The van der Waals surface area contributed by atoms with Crippen LogP contribution in [0.3, 0.4) is 0 Å². The van der Waals surface area contributed by atoms with Crippen molar-refractivity contribution in [3.05, 3.63) is 71.7 Å². The molecular formula is C23H18N2O. The predicted octanol–water partition coefficient (Wildman–Crippen LogP) is 6.12. The highest BCUT2D eigenvalue weighted by Gasteiger charge is 2.15. The summed E-state index contributed by atoms with van der Waals surface area (Å²) in [5.41, 5.74) is 1.40. The molecule has 3 heteroatoms. The predicted molar refractivity (Wildman–Crippen MR) is 106 cm³/mol. The second-order valence-corrected chi connectivity index (χ2v) is 6.11. The minimum Gasteiger partial charge on any atom is -0.455 e. The molecule has 0 fully saturated rings. The topological polar surface area (TPSA) is 38.9 Å². The highest BCUT2D eigenvalue weighted by atomic mass is 16.3. The molecule has 0 amide bonds. The number of para-hydroxylation sites is 1. The molecule has 2 aromatic carbocycles. The molecule has 0 spiro atoms. The van der Waals surface area contributed by atoms with Crippen molar-refractivity contribution in [1.82, 2.24) is 9.97 Å². The summed E-state index contributed by atoms with van der Waals surface area (Å²) in [4.78, 5) is 8.29. The van der Waals surface area contributed by atoms with E-state index in [1.165, 1.54) is 18.3 Å². The van der Waals surface area contributed by atoms with E-state index in [4.69, 9.17) is 16.8 Å². The highest BCUT2D eigenvalue weighted by molar-refractivity contribution is 6.17. The Morgan fingerprint density at radius 2 is 1.77 bits per heavy atom. The van der Waals surface area contributed by atoms with Crippen molar-refractivity contribution in [1.29, 1.82) is 0 Å². The summed E-state index contributed by atoms with van der Waals surface area (Å²) in [6.07, 6.45) is 1.30. The Kier molecular flexibility index (Phi) is 1.76. The van der Waals surface area contributed by atoms with Crippen molar-refractivity contribution in [2.75, 3.05) is 0 Å². The number of aromatic nitrogens is 2. The Hall–Kier alpha value is -3.20. The first kappa shape index (κ1) is 8.45. The summed E-state index contributed by atoms with van der Waals surface area (Å²) in [6, 6.07) is 13.2. The van der Waals surface area contributed by atoms with E-state index in [1.54, 1.807) is 24.3 Å². The fraction of sp³-hybridized carbons (Fsp3) is 0.130. The van der Waals surface area contributed by atoms with E-state index >= 15 is 0 Å². The molecule has 5 rings (SSSR count). The first-order valence-electron chi connectivity index (χ1n) is 12.5. The minimum atomic E-state index is -2.63. The number of hydrogen-bond acceptors (Lipinski definition) is 3. The van der Waals surface area contributed by atoms with Crippen LogP contribution in [-0.2, 0) is 0 Å². The molecule has 3 nitrogen and oxygen atoms in total. The van der Waals surface area contributed by atoms with Crippen LogP contribution in [0.1, 0.15) is 29.3 Å². The number of pyridine rings is 2. The van der Waals surface area contributed by atoms with Gasteiger partial charge in [-0.3, -0.25) is 9.97 Å².